The molecule has 8 heteroatoms. The molecule has 0 bridgehead atoms. The number of aromatic nitrogens is 5. The predicted octanol–water partition coefficient (Wildman–Crippen LogP) is 1.83. The average molecular weight is 346 g/mol. The highest BCUT2D eigenvalue weighted by atomic mass is 32.2. The zero-order valence-electron chi connectivity index (χ0n) is 14.1. The first-order chi connectivity index (χ1) is 11.6. The Hall–Kier alpha value is -2.22. The second kappa shape index (κ2) is 9.17. The van der Waals surface area contributed by atoms with Gasteiger partial charge < -0.3 is 4.90 Å². The van der Waals surface area contributed by atoms with Crippen LogP contribution in [0, 0.1) is 0 Å². The SMILES string of the molecule is C=C(C)CN(CC)C(=O)CSc1nnnn1CCc1ccccn1. The number of amides is 1. The molecule has 2 aromatic rings. The molecule has 0 atom stereocenters. The van der Waals surface area contributed by atoms with Gasteiger partial charge in [0, 0.05) is 31.4 Å². The molecule has 0 unspecified atom stereocenters. The lowest BCUT2D eigenvalue weighted by Crippen LogP contribution is -2.33. The van der Waals surface area contributed by atoms with Crippen LogP contribution in [0.25, 0.3) is 0 Å². The third kappa shape index (κ3) is 5.45. The van der Waals surface area contributed by atoms with Gasteiger partial charge in [0.25, 0.3) is 0 Å². The molecule has 128 valence electrons. The van der Waals surface area contributed by atoms with Gasteiger partial charge in [0.1, 0.15) is 0 Å². The molecule has 2 heterocycles. The lowest BCUT2D eigenvalue weighted by molar-refractivity contribution is -0.127. The van der Waals surface area contributed by atoms with Crippen molar-refractivity contribution < 1.29 is 4.79 Å². The number of nitrogens with zero attached hydrogens (tertiary/aromatic N) is 6. The summed E-state index contributed by atoms with van der Waals surface area (Å²) < 4.78 is 1.71. The van der Waals surface area contributed by atoms with Crippen LogP contribution in [-0.2, 0) is 17.8 Å². The van der Waals surface area contributed by atoms with Crippen LogP contribution < -0.4 is 0 Å². The lowest BCUT2D eigenvalue weighted by Gasteiger charge is -2.20. The fourth-order valence-electron chi connectivity index (χ4n) is 2.13. The summed E-state index contributed by atoms with van der Waals surface area (Å²) in [6.07, 6.45) is 2.51. The molecule has 0 aliphatic carbocycles. The normalized spacial score (nSPS) is 10.6. The summed E-state index contributed by atoms with van der Waals surface area (Å²) in [6, 6.07) is 5.81. The molecular weight excluding hydrogens is 324 g/mol. The minimum atomic E-state index is 0.0600. The Kier molecular flexibility index (Phi) is 6.92. The topological polar surface area (TPSA) is 76.8 Å². The highest BCUT2D eigenvalue weighted by molar-refractivity contribution is 7.99. The molecule has 0 saturated carbocycles. The number of pyridine rings is 1. The number of likely N-dealkylation sites (N-methyl/N-ethyl adjacent to an activating group) is 1. The van der Waals surface area contributed by atoms with Gasteiger partial charge in [-0.1, -0.05) is 30.0 Å². The Bertz CT molecular complexity index is 672. The third-order valence-corrected chi connectivity index (χ3v) is 4.27. The molecule has 1 amide bonds. The van der Waals surface area contributed by atoms with Crippen LogP contribution in [0.2, 0.25) is 0 Å². The molecule has 24 heavy (non-hydrogen) atoms. The van der Waals surface area contributed by atoms with E-state index in [4.69, 9.17) is 0 Å². The largest absolute Gasteiger partial charge is 0.338 e. The highest BCUT2D eigenvalue weighted by Crippen LogP contribution is 2.15. The summed E-state index contributed by atoms with van der Waals surface area (Å²) in [6.45, 7) is 9.61. The molecule has 2 rings (SSSR count). The van der Waals surface area contributed by atoms with Crippen molar-refractivity contribution >= 4 is 17.7 Å². The van der Waals surface area contributed by atoms with Crippen LogP contribution in [0.4, 0.5) is 0 Å². The van der Waals surface area contributed by atoms with Crippen molar-refractivity contribution in [1.29, 1.82) is 0 Å². The molecule has 0 radical (unpaired) electrons. The van der Waals surface area contributed by atoms with E-state index >= 15 is 0 Å². The van der Waals surface area contributed by atoms with Crippen molar-refractivity contribution in [2.24, 2.45) is 0 Å². The van der Waals surface area contributed by atoms with Crippen LogP contribution in [0.3, 0.4) is 0 Å². The highest BCUT2D eigenvalue weighted by Gasteiger charge is 2.15. The number of carbonyl (C=O) groups excluding carboxylic acids is 1. The van der Waals surface area contributed by atoms with Gasteiger partial charge in [-0.3, -0.25) is 9.78 Å². The number of rotatable bonds is 9. The van der Waals surface area contributed by atoms with E-state index in [0.717, 1.165) is 17.7 Å². The van der Waals surface area contributed by atoms with Gasteiger partial charge in [-0.05, 0) is 36.4 Å². The quantitative estimate of drug-likeness (QED) is 0.509. The molecule has 0 spiro atoms. The molecule has 0 aliphatic rings. The standard InChI is InChI=1S/C16H22N6OS/c1-4-21(11-13(2)3)15(23)12-24-16-18-19-20-22(16)10-8-14-7-5-6-9-17-14/h5-7,9H,2,4,8,10-12H2,1,3H3. The molecule has 0 aromatic carbocycles. The molecule has 0 N–H and O–H groups in total. The van der Waals surface area contributed by atoms with Gasteiger partial charge in [0.15, 0.2) is 0 Å². The van der Waals surface area contributed by atoms with E-state index in [1.54, 1.807) is 15.8 Å². The zero-order valence-corrected chi connectivity index (χ0v) is 14.9. The van der Waals surface area contributed by atoms with Gasteiger partial charge in [-0.2, -0.15) is 0 Å². The minimum Gasteiger partial charge on any atom is -0.338 e. The Morgan fingerprint density at radius 1 is 1.42 bits per heavy atom. The number of aryl methyl sites for hydroxylation is 2. The number of tetrazole rings is 1. The van der Waals surface area contributed by atoms with Gasteiger partial charge in [-0.15, -0.1) is 5.10 Å². The predicted molar refractivity (Wildman–Crippen MR) is 93.6 cm³/mol. The maximum absolute atomic E-state index is 12.3. The first-order valence-electron chi connectivity index (χ1n) is 7.81. The molecule has 0 saturated heterocycles. The average Bonchev–Trinajstić information content (AvgIpc) is 3.04. The summed E-state index contributed by atoms with van der Waals surface area (Å²) in [5.41, 5.74) is 1.95. The molecular formula is C16H22N6OS. The van der Waals surface area contributed by atoms with E-state index in [-0.39, 0.29) is 5.91 Å². The summed E-state index contributed by atoms with van der Waals surface area (Å²) in [7, 11) is 0. The Labute approximate surface area is 146 Å². The van der Waals surface area contributed by atoms with E-state index < -0.39 is 0 Å². The first-order valence-corrected chi connectivity index (χ1v) is 8.79. The summed E-state index contributed by atoms with van der Waals surface area (Å²) in [5, 5.41) is 12.3. The third-order valence-electron chi connectivity index (χ3n) is 3.32. The number of hydrogen-bond donors (Lipinski definition) is 0. The monoisotopic (exact) mass is 346 g/mol. The van der Waals surface area contributed by atoms with E-state index in [1.807, 2.05) is 32.0 Å². The molecule has 0 aliphatic heterocycles. The van der Waals surface area contributed by atoms with Crippen LogP contribution in [0.1, 0.15) is 19.5 Å². The smallest absolute Gasteiger partial charge is 0.233 e. The number of hydrogen-bond acceptors (Lipinski definition) is 6. The van der Waals surface area contributed by atoms with Crippen molar-refractivity contribution in [2.75, 3.05) is 18.8 Å². The van der Waals surface area contributed by atoms with Gasteiger partial charge >= 0.3 is 0 Å². The Morgan fingerprint density at radius 3 is 2.92 bits per heavy atom. The van der Waals surface area contributed by atoms with Crippen molar-refractivity contribution in [3.8, 4) is 0 Å². The summed E-state index contributed by atoms with van der Waals surface area (Å²) in [5.74, 6) is 0.371. The van der Waals surface area contributed by atoms with E-state index in [1.165, 1.54) is 11.8 Å². The summed E-state index contributed by atoms with van der Waals surface area (Å²) in [4.78, 5) is 18.3. The van der Waals surface area contributed by atoms with Crippen molar-refractivity contribution in [3.05, 3.63) is 42.2 Å². The van der Waals surface area contributed by atoms with Crippen molar-refractivity contribution in [2.45, 2.75) is 32.0 Å². The molecule has 2 aromatic heterocycles. The number of thioether (sulfide) groups is 1. The Morgan fingerprint density at radius 2 is 2.25 bits per heavy atom. The van der Waals surface area contributed by atoms with Crippen LogP contribution in [0.15, 0.2) is 41.7 Å². The second-order valence-corrected chi connectivity index (χ2v) is 6.35. The van der Waals surface area contributed by atoms with Gasteiger partial charge in [0.2, 0.25) is 11.1 Å². The van der Waals surface area contributed by atoms with Crippen LogP contribution in [-0.4, -0.2) is 54.8 Å². The molecule has 0 fully saturated rings. The van der Waals surface area contributed by atoms with E-state index in [9.17, 15) is 4.79 Å². The fourth-order valence-corrected chi connectivity index (χ4v) is 2.93. The first kappa shape index (κ1) is 18.1. The van der Waals surface area contributed by atoms with Crippen LogP contribution in [0.5, 0.6) is 0 Å². The molecule has 7 nitrogen and oxygen atoms in total. The maximum atomic E-state index is 12.3. The zero-order chi connectivity index (χ0) is 17.4. The van der Waals surface area contributed by atoms with E-state index in [2.05, 4.69) is 27.1 Å². The summed E-state index contributed by atoms with van der Waals surface area (Å²) >= 11 is 1.35. The fraction of sp³-hybridized carbons (Fsp3) is 0.438. The van der Waals surface area contributed by atoms with E-state index in [0.29, 0.717) is 30.5 Å². The maximum Gasteiger partial charge on any atom is 0.233 e. The number of carbonyl (C=O) groups is 1. The minimum absolute atomic E-state index is 0.0600. The Balaban J connectivity index is 1.88. The van der Waals surface area contributed by atoms with Crippen molar-refractivity contribution in [3.63, 3.8) is 0 Å². The van der Waals surface area contributed by atoms with Gasteiger partial charge in [-0.25, -0.2) is 4.68 Å². The van der Waals surface area contributed by atoms with Gasteiger partial charge in [0.05, 0.1) is 12.3 Å². The van der Waals surface area contributed by atoms with Crippen LogP contribution >= 0.6 is 11.8 Å². The lowest BCUT2D eigenvalue weighted by atomic mass is 10.3. The van der Waals surface area contributed by atoms with Crippen molar-refractivity contribution in [1.82, 2.24) is 30.1 Å². The second-order valence-electron chi connectivity index (χ2n) is 5.41.